The molecule has 13 heavy (non-hydrogen) atoms. The van der Waals surface area contributed by atoms with Gasteiger partial charge in [0.15, 0.2) is 18.9 Å². The van der Waals surface area contributed by atoms with Gasteiger partial charge in [-0.05, 0) is 20.8 Å². The topological polar surface area (TPSA) is 52.4 Å². The summed E-state index contributed by atoms with van der Waals surface area (Å²) in [5.41, 5.74) is -0.490. The number of hydrogen-bond acceptors (Lipinski definition) is 3. The number of nitrogens with zero attached hydrogens (tertiary/aromatic N) is 1. The summed E-state index contributed by atoms with van der Waals surface area (Å²) in [5, 5.41) is 10.8. The first-order valence-electron chi connectivity index (χ1n) is 4.38. The molecule has 0 saturated heterocycles. The molecule has 0 fully saturated rings. The van der Waals surface area contributed by atoms with Crippen LogP contribution in [0.1, 0.15) is 27.2 Å². The van der Waals surface area contributed by atoms with Crippen LogP contribution in [0.4, 0.5) is 0 Å². The van der Waals surface area contributed by atoms with Crippen molar-refractivity contribution in [2.24, 2.45) is 5.41 Å². The zero-order valence-electron chi connectivity index (χ0n) is 8.24. The van der Waals surface area contributed by atoms with Gasteiger partial charge in [0.05, 0.1) is 11.8 Å². The van der Waals surface area contributed by atoms with E-state index in [2.05, 4.69) is 0 Å². The summed E-state index contributed by atoms with van der Waals surface area (Å²) in [4.78, 5) is 11.4. The Hall–Kier alpha value is -1.06. The standard InChI is InChI=1S/C9H15NO3/c1-9(2,3)8(11)13-7-4-5-10(12)6-7/h5,7H,4,6H2,1-3H3/t7-/m1/s1. The predicted octanol–water partition coefficient (Wildman–Crippen LogP) is 0.929. The van der Waals surface area contributed by atoms with Crippen molar-refractivity contribution in [2.75, 3.05) is 6.54 Å². The van der Waals surface area contributed by atoms with Crippen LogP contribution >= 0.6 is 0 Å². The summed E-state index contributed by atoms with van der Waals surface area (Å²) in [5.74, 6) is -0.249. The van der Waals surface area contributed by atoms with Crippen LogP contribution in [0.15, 0.2) is 0 Å². The van der Waals surface area contributed by atoms with Crippen molar-refractivity contribution in [2.45, 2.75) is 33.3 Å². The number of rotatable bonds is 1. The van der Waals surface area contributed by atoms with Gasteiger partial charge in [-0.15, -0.1) is 0 Å². The van der Waals surface area contributed by atoms with Crippen molar-refractivity contribution in [3.8, 4) is 0 Å². The molecule has 0 bridgehead atoms. The van der Waals surface area contributed by atoms with E-state index in [1.54, 1.807) is 20.8 Å². The fourth-order valence-corrected chi connectivity index (χ4v) is 0.998. The Kier molecular flexibility index (Phi) is 2.59. The van der Waals surface area contributed by atoms with Gasteiger partial charge in [-0.1, -0.05) is 0 Å². The first-order valence-corrected chi connectivity index (χ1v) is 4.38. The molecule has 0 aromatic heterocycles. The molecule has 74 valence electrons. The Labute approximate surface area is 77.8 Å². The molecule has 0 amide bonds. The average Bonchev–Trinajstić information content (AvgIpc) is 2.33. The van der Waals surface area contributed by atoms with E-state index in [1.807, 2.05) is 0 Å². The molecule has 1 atom stereocenters. The highest BCUT2D eigenvalue weighted by atomic mass is 16.6. The number of ether oxygens (including phenoxy) is 1. The van der Waals surface area contributed by atoms with Gasteiger partial charge in [0.2, 0.25) is 0 Å². The first-order chi connectivity index (χ1) is 5.89. The normalized spacial score (nSPS) is 22.7. The minimum Gasteiger partial charge on any atom is -0.624 e. The minimum atomic E-state index is -0.490. The molecule has 0 saturated carbocycles. The molecule has 4 heteroatoms. The van der Waals surface area contributed by atoms with E-state index in [0.29, 0.717) is 6.42 Å². The molecule has 0 N–H and O–H groups in total. The Balaban J connectivity index is 2.39. The van der Waals surface area contributed by atoms with Crippen molar-refractivity contribution in [1.82, 2.24) is 0 Å². The molecule has 1 aliphatic heterocycles. The SMILES string of the molecule is CC(C)(C)C(=O)O[C@@H]1CC=[N+]([O-])C1. The molecule has 0 radical (unpaired) electrons. The van der Waals surface area contributed by atoms with Crippen molar-refractivity contribution < 1.29 is 14.3 Å². The summed E-state index contributed by atoms with van der Waals surface area (Å²) < 4.78 is 5.94. The first kappa shape index (κ1) is 10.0. The maximum absolute atomic E-state index is 11.4. The molecule has 0 unspecified atom stereocenters. The third-order valence-electron chi connectivity index (χ3n) is 1.84. The van der Waals surface area contributed by atoms with Crippen LogP contribution in [-0.2, 0) is 9.53 Å². The molecule has 0 aliphatic carbocycles. The predicted molar refractivity (Wildman–Crippen MR) is 48.5 cm³/mol. The Morgan fingerprint density at radius 2 is 2.23 bits per heavy atom. The summed E-state index contributed by atoms with van der Waals surface area (Å²) in [7, 11) is 0. The van der Waals surface area contributed by atoms with Crippen LogP contribution < -0.4 is 0 Å². The van der Waals surface area contributed by atoms with E-state index in [1.165, 1.54) is 6.21 Å². The van der Waals surface area contributed by atoms with Crippen molar-refractivity contribution in [3.05, 3.63) is 5.21 Å². The second-order valence-electron chi connectivity index (χ2n) is 4.30. The molecule has 1 rings (SSSR count). The molecule has 1 heterocycles. The van der Waals surface area contributed by atoms with Crippen LogP contribution in [0.3, 0.4) is 0 Å². The maximum Gasteiger partial charge on any atom is 0.311 e. The third kappa shape index (κ3) is 2.72. The van der Waals surface area contributed by atoms with Gasteiger partial charge >= 0.3 is 5.97 Å². The third-order valence-corrected chi connectivity index (χ3v) is 1.84. The quantitative estimate of drug-likeness (QED) is 0.347. The molecule has 4 nitrogen and oxygen atoms in total. The molecule has 1 aliphatic rings. The molecular formula is C9H15NO3. The Morgan fingerprint density at radius 3 is 2.62 bits per heavy atom. The fraction of sp³-hybridized carbons (Fsp3) is 0.778. The number of carbonyl (C=O) groups excluding carboxylic acids is 1. The highest BCUT2D eigenvalue weighted by Crippen LogP contribution is 2.17. The number of hydroxylamine groups is 1. The van der Waals surface area contributed by atoms with Crippen LogP contribution in [0, 0.1) is 10.6 Å². The Bertz CT molecular complexity index is 240. The van der Waals surface area contributed by atoms with Crippen LogP contribution in [-0.4, -0.2) is 29.6 Å². The smallest absolute Gasteiger partial charge is 0.311 e. The van der Waals surface area contributed by atoms with Gasteiger partial charge in [0.25, 0.3) is 0 Å². The lowest BCUT2D eigenvalue weighted by atomic mass is 9.97. The highest BCUT2D eigenvalue weighted by molar-refractivity contribution is 5.75. The van der Waals surface area contributed by atoms with Gasteiger partial charge in [0.1, 0.15) is 0 Å². The monoisotopic (exact) mass is 185 g/mol. The fourth-order valence-electron chi connectivity index (χ4n) is 0.998. The average molecular weight is 185 g/mol. The largest absolute Gasteiger partial charge is 0.624 e. The molecule has 0 spiro atoms. The van der Waals surface area contributed by atoms with Crippen molar-refractivity contribution in [1.29, 1.82) is 0 Å². The van der Waals surface area contributed by atoms with Gasteiger partial charge < -0.3 is 9.94 Å². The molecular weight excluding hydrogens is 170 g/mol. The number of hydrogen-bond donors (Lipinski definition) is 0. The minimum absolute atomic E-state index is 0.249. The van der Waals surface area contributed by atoms with Crippen molar-refractivity contribution >= 4 is 12.2 Å². The van der Waals surface area contributed by atoms with E-state index in [4.69, 9.17) is 4.74 Å². The van der Waals surface area contributed by atoms with Crippen LogP contribution in [0.5, 0.6) is 0 Å². The lowest BCUT2D eigenvalue weighted by Gasteiger charge is -2.18. The van der Waals surface area contributed by atoms with E-state index in [-0.39, 0.29) is 18.6 Å². The highest BCUT2D eigenvalue weighted by Gasteiger charge is 2.29. The van der Waals surface area contributed by atoms with Gasteiger partial charge in [-0.25, -0.2) is 4.74 Å². The van der Waals surface area contributed by atoms with Gasteiger partial charge in [-0.2, -0.15) is 0 Å². The van der Waals surface area contributed by atoms with E-state index >= 15 is 0 Å². The van der Waals surface area contributed by atoms with E-state index in [9.17, 15) is 10.0 Å². The summed E-state index contributed by atoms with van der Waals surface area (Å²) >= 11 is 0. The van der Waals surface area contributed by atoms with Crippen molar-refractivity contribution in [3.63, 3.8) is 0 Å². The zero-order valence-corrected chi connectivity index (χ0v) is 8.24. The summed E-state index contributed by atoms with van der Waals surface area (Å²) in [6.45, 7) is 5.65. The summed E-state index contributed by atoms with van der Waals surface area (Å²) in [6.07, 6.45) is 1.77. The lowest BCUT2D eigenvalue weighted by Crippen LogP contribution is -2.29. The number of esters is 1. The second kappa shape index (κ2) is 3.36. The van der Waals surface area contributed by atoms with Gasteiger partial charge in [-0.3, -0.25) is 4.79 Å². The molecule has 0 aromatic rings. The molecule has 0 aromatic carbocycles. The van der Waals surface area contributed by atoms with Crippen LogP contribution in [0.25, 0.3) is 0 Å². The number of carbonyl (C=O) groups is 1. The van der Waals surface area contributed by atoms with E-state index in [0.717, 1.165) is 4.74 Å². The summed E-state index contributed by atoms with van der Waals surface area (Å²) in [6, 6.07) is 0. The maximum atomic E-state index is 11.4. The van der Waals surface area contributed by atoms with Crippen LogP contribution in [0.2, 0.25) is 0 Å². The zero-order chi connectivity index (χ0) is 10.1. The second-order valence-corrected chi connectivity index (χ2v) is 4.30. The van der Waals surface area contributed by atoms with Gasteiger partial charge in [0, 0.05) is 0 Å². The van der Waals surface area contributed by atoms with E-state index < -0.39 is 5.41 Å². The lowest BCUT2D eigenvalue weighted by molar-refractivity contribution is -0.452. The Morgan fingerprint density at radius 1 is 1.62 bits per heavy atom.